The van der Waals surface area contributed by atoms with Crippen molar-refractivity contribution >= 4 is 48.9 Å². The molecule has 7 nitrogen and oxygen atoms in total. The maximum atomic E-state index is 14.2. The Kier molecular flexibility index (Phi) is 6.52. The van der Waals surface area contributed by atoms with Crippen molar-refractivity contribution in [3.8, 4) is 5.75 Å². The molecule has 1 aliphatic carbocycles. The molecule has 0 bridgehead atoms. The van der Waals surface area contributed by atoms with Gasteiger partial charge < -0.3 is 19.0 Å². The minimum absolute atomic E-state index is 0.0179. The molecule has 4 aromatic rings. The van der Waals surface area contributed by atoms with E-state index in [1.54, 1.807) is 36.3 Å². The van der Waals surface area contributed by atoms with E-state index in [0.29, 0.717) is 20.9 Å². The van der Waals surface area contributed by atoms with Crippen LogP contribution in [0.5, 0.6) is 5.75 Å². The molecule has 1 N–H and O–H groups in total. The lowest BCUT2D eigenvalue weighted by Crippen LogP contribution is -2.17. The molecular formula is C25H20BrF2N3O4S. The van der Waals surface area contributed by atoms with E-state index in [4.69, 9.17) is 4.74 Å². The van der Waals surface area contributed by atoms with E-state index in [1.165, 1.54) is 6.07 Å². The van der Waals surface area contributed by atoms with Gasteiger partial charge in [-0.05, 0) is 53.9 Å². The van der Waals surface area contributed by atoms with E-state index in [1.807, 2.05) is 4.57 Å². The Morgan fingerprint density at radius 2 is 2.06 bits per heavy atom. The third-order valence-electron chi connectivity index (χ3n) is 6.09. The quantitative estimate of drug-likeness (QED) is 0.192. The van der Waals surface area contributed by atoms with Gasteiger partial charge in [0.25, 0.3) is 0 Å². The van der Waals surface area contributed by atoms with Crippen molar-refractivity contribution in [3.05, 3.63) is 81.5 Å². The summed E-state index contributed by atoms with van der Waals surface area (Å²) in [6.45, 7) is 1.94. The van der Waals surface area contributed by atoms with Crippen LogP contribution in [0.3, 0.4) is 0 Å². The van der Waals surface area contributed by atoms with Crippen LogP contribution in [-0.2, 0) is 22.5 Å². The zero-order chi connectivity index (χ0) is 25.6. The number of fused-ring (bicyclic) bond motifs is 1. The highest BCUT2D eigenvalue weighted by Gasteiger charge is 2.36. The summed E-state index contributed by atoms with van der Waals surface area (Å²) in [6.07, 6.45) is 6.52. The van der Waals surface area contributed by atoms with E-state index in [0.717, 1.165) is 25.0 Å². The van der Waals surface area contributed by atoms with Gasteiger partial charge in [0.15, 0.2) is 11.6 Å². The zero-order valence-electron chi connectivity index (χ0n) is 19.0. The second kappa shape index (κ2) is 9.62. The molecule has 5 rings (SSSR count). The smallest absolute Gasteiger partial charge is 0.341 e. The zero-order valence-corrected chi connectivity index (χ0v) is 21.4. The molecule has 1 fully saturated rings. The van der Waals surface area contributed by atoms with Crippen molar-refractivity contribution in [2.75, 3.05) is 6.61 Å². The van der Waals surface area contributed by atoms with Crippen LogP contribution in [0.2, 0.25) is 0 Å². The Hall–Kier alpha value is -3.31. The second-order valence-corrected chi connectivity index (χ2v) is 9.83. The lowest BCUT2D eigenvalue weighted by Gasteiger charge is -2.13. The normalized spacial score (nSPS) is 13.2. The Morgan fingerprint density at radius 1 is 1.28 bits per heavy atom. The molecule has 2 aromatic carbocycles. The minimum atomic E-state index is -1.10. The second-order valence-electron chi connectivity index (χ2n) is 8.40. The van der Waals surface area contributed by atoms with Gasteiger partial charge in [-0.3, -0.25) is 0 Å². The van der Waals surface area contributed by atoms with Crippen molar-refractivity contribution < 1.29 is 27.6 Å². The Labute approximate surface area is 216 Å². The van der Waals surface area contributed by atoms with Crippen LogP contribution >= 0.6 is 15.9 Å². The fourth-order valence-electron chi connectivity index (χ4n) is 4.42. The molecule has 0 atom stereocenters. The largest absolute Gasteiger partial charge is 0.506 e. The van der Waals surface area contributed by atoms with Crippen LogP contribution in [0.1, 0.15) is 53.0 Å². The number of phenols is 1. The van der Waals surface area contributed by atoms with Gasteiger partial charge in [0.2, 0.25) is 0 Å². The summed E-state index contributed by atoms with van der Waals surface area (Å²) in [7, 11) is 0. The van der Waals surface area contributed by atoms with Crippen molar-refractivity contribution in [2.45, 2.75) is 32.4 Å². The number of benzene rings is 2. The SMILES string of the molecule is CCOC(=O)c1c(C(=S=O)c2ccc(F)c(F)c2)n(C2CC2)c2cc(Br)c(O)c(Cn3ccnc3)c12. The maximum absolute atomic E-state index is 14.2. The summed E-state index contributed by atoms with van der Waals surface area (Å²) in [5, 5.41) is 11.5. The summed E-state index contributed by atoms with van der Waals surface area (Å²) in [5.41, 5.74) is 1.55. The number of aromatic hydroxyl groups is 1. The first-order valence-corrected chi connectivity index (χ1v) is 12.7. The number of carbonyl (C=O) groups excluding carboxylic acids is 1. The molecule has 0 radical (unpaired) electrons. The van der Waals surface area contributed by atoms with Gasteiger partial charge >= 0.3 is 5.97 Å². The Morgan fingerprint density at radius 3 is 2.67 bits per heavy atom. The van der Waals surface area contributed by atoms with Crippen LogP contribution < -0.4 is 0 Å². The van der Waals surface area contributed by atoms with Crippen molar-refractivity contribution in [2.24, 2.45) is 0 Å². The number of hydrogen-bond acceptors (Lipinski definition) is 5. The summed E-state index contributed by atoms with van der Waals surface area (Å²) in [5.74, 6) is -2.89. The number of ether oxygens (including phenoxy) is 1. The molecule has 0 unspecified atom stereocenters. The minimum Gasteiger partial charge on any atom is -0.506 e. The average Bonchev–Trinajstić information content (AvgIpc) is 3.45. The summed E-state index contributed by atoms with van der Waals surface area (Å²) >= 11 is 3.52. The predicted octanol–water partition coefficient (Wildman–Crippen LogP) is 4.93. The molecule has 2 aromatic heterocycles. The molecule has 186 valence electrons. The van der Waals surface area contributed by atoms with Crippen molar-refractivity contribution in [1.29, 1.82) is 0 Å². The van der Waals surface area contributed by atoms with Gasteiger partial charge in [-0.25, -0.2) is 22.8 Å². The standard InChI is InChI=1S/C25H20BrF2N3O4S/c1-2-35-25(33)21-20-15(11-30-8-7-29-12-30)23(32)16(26)10-19(20)31(14-4-5-14)22(21)24(36-34)13-3-6-17(27)18(28)9-13/h3,6-10,12,14,32H,2,4-5,11H2,1H3. The third kappa shape index (κ3) is 4.16. The first kappa shape index (κ1) is 24.4. The summed E-state index contributed by atoms with van der Waals surface area (Å²) in [4.78, 5) is 17.6. The van der Waals surface area contributed by atoms with Crippen LogP contribution in [0.25, 0.3) is 10.9 Å². The number of nitrogens with zero attached hydrogens (tertiary/aromatic N) is 3. The molecule has 1 aliphatic rings. The highest BCUT2D eigenvalue weighted by atomic mass is 79.9. The first-order chi connectivity index (χ1) is 17.3. The molecule has 11 heteroatoms. The van der Waals surface area contributed by atoms with Gasteiger partial charge in [0.05, 0.1) is 56.8 Å². The number of carbonyl (C=O) groups is 1. The lowest BCUT2D eigenvalue weighted by molar-refractivity contribution is 0.0528. The summed E-state index contributed by atoms with van der Waals surface area (Å²) in [6, 6.07) is 4.88. The fraction of sp³-hybridized carbons (Fsp3) is 0.240. The molecule has 36 heavy (non-hydrogen) atoms. The van der Waals surface area contributed by atoms with Gasteiger partial charge in [-0.15, -0.1) is 0 Å². The lowest BCUT2D eigenvalue weighted by atomic mass is 10.0. The highest BCUT2D eigenvalue weighted by molar-refractivity contribution is 9.10. The fourth-order valence-corrected chi connectivity index (χ4v) is 5.38. The molecular weight excluding hydrogens is 556 g/mol. The van der Waals surface area contributed by atoms with E-state index in [9.17, 15) is 22.9 Å². The predicted molar refractivity (Wildman–Crippen MR) is 135 cm³/mol. The van der Waals surface area contributed by atoms with E-state index < -0.39 is 17.6 Å². The Balaban J connectivity index is 1.90. The van der Waals surface area contributed by atoms with Gasteiger partial charge in [-0.2, -0.15) is 0 Å². The Bertz CT molecular complexity index is 1560. The van der Waals surface area contributed by atoms with E-state index in [-0.39, 0.29) is 57.9 Å². The van der Waals surface area contributed by atoms with Gasteiger partial charge in [-0.1, -0.05) is 6.07 Å². The van der Waals surface area contributed by atoms with Crippen LogP contribution in [0.4, 0.5) is 8.78 Å². The molecule has 0 amide bonds. The van der Waals surface area contributed by atoms with Crippen molar-refractivity contribution in [3.63, 3.8) is 0 Å². The van der Waals surface area contributed by atoms with E-state index in [2.05, 4.69) is 20.9 Å². The van der Waals surface area contributed by atoms with Crippen molar-refractivity contribution in [1.82, 2.24) is 14.1 Å². The van der Waals surface area contributed by atoms with Crippen LogP contribution in [0.15, 0.2) is 47.5 Å². The first-order valence-electron chi connectivity index (χ1n) is 11.2. The monoisotopic (exact) mass is 575 g/mol. The van der Waals surface area contributed by atoms with Gasteiger partial charge in [0.1, 0.15) is 5.75 Å². The van der Waals surface area contributed by atoms with Gasteiger partial charge in [0, 0.05) is 34.9 Å². The highest BCUT2D eigenvalue weighted by Crippen LogP contribution is 2.46. The van der Waals surface area contributed by atoms with E-state index >= 15 is 0 Å². The number of rotatable bonds is 7. The third-order valence-corrected chi connectivity index (χ3v) is 7.29. The number of esters is 1. The summed E-state index contributed by atoms with van der Waals surface area (Å²) < 4.78 is 49.8. The van der Waals surface area contributed by atoms with Crippen LogP contribution in [0, 0.1) is 11.6 Å². The molecule has 1 saturated carbocycles. The maximum Gasteiger partial charge on any atom is 0.341 e. The molecule has 2 heterocycles. The number of hydrogen-bond donors (Lipinski definition) is 1. The molecule has 0 saturated heterocycles. The average molecular weight is 576 g/mol. The van der Waals surface area contributed by atoms with Crippen LogP contribution in [-0.4, -0.2) is 40.9 Å². The topological polar surface area (TPSA) is 86.4 Å². The number of imidazole rings is 1. The number of phenolic OH excluding ortho intramolecular Hbond substituents is 1. The molecule has 0 aliphatic heterocycles. The number of halogens is 3. The number of aromatic nitrogens is 3. The molecule has 0 spiro atoms.